The van der Waals surface area contributed by atoms with Gasteiger partial charge in [-0.2, -0.15) is 0 Å². The van der Waals surface area contributed by atoms with Crippen molar-refractivity contribution in [1.29, 1.82) is 0 Å². The standard InChI is InChI=1S/C19H26N4O2/c1-14-18(15(2)25-22-14)11-20-19(24)21-17-9-6-10-23(13-17)12-16-7-4-3-5-8-16/h3-5,7-8,17H,6,9-13H2,1-2H3,(H2,20,21,24). The summed E-state index contributed by atoms with van der Waals surface area (Å²) in [4.78, 5) is 14.6. The summed E-state index contributed by atoms with van der Waals surface area (Å²) >= 11 is 0. The van der Waals surface area contributed by atoms with Gasteiger partial charge >= 0.3 is 6.03 Å². The number of carbonyl (C=O) groups is 1. The Morgan fingerprint density at radius 2 is 2.12 bits per heavy atom. The molecule has 1 fully saturated rings. The van der Waals surface area contributed by atoms with E-state index in [0.29, 0.717) is 6.54 Å². The molecule has 3 rings (SSSR count). The second-order valence-corrected chi connectivity index (χ2v) is 6.69. The molecule has 0 aliphatic carbocycles. The Labute approximate surface area is 148 Å². The van der Waals surface area contributed by atoms with E-state index in [-0.39, 0.29) is 12.1 Å². The lowest BCUT2D eigenvalue weighted by atomic mass is 10.0. The van der Waals surface area contributed by atoms with E-state index in [1.165, 1.54) is 5.56 Å². The lowest BCUT2D eigenvalue weighted by molar-refractivity contribution is 0.180. The molecule has 0 radical (unpaired) electrons. The number of aromatic nitrogens is 1. The number of nitrogens with one attached hydrogen (secondary N) is 2. The fourth-order valence-electron chi connectivity index (χ4n) is 3.32. The number of likely N-dealkylation sites (tertiary alicyclic amines) is 1. The molecule has 6 nitrogen and oxygen atoms in total. The van der Waals surface area contributed by atoms with E-state index < -0.39 is 0 Å². The number of rotatable bonds is 5. The third-order valence-corrected chi connectivity index (χ3v) is 4.70. The van der Waals surface area contributed by atoms with Crippen molar-refractivity contribution < 1.29 is 9.32 Å². The summed E-state index contributed by atoms with van der Waals surface area (Å²) < 4.78 is 5.12. The van der Waals surface area contributed by atoms with E-state index in [9.17, 15) is 4.79 Å². The molecule has 1 unspecified atom stereocenters. The maximum absolute atomic E-state index is 12.2. The Morgan fingerprint density at radius 1 is 1.32 bits per heavy atom. The summed E-state index contributed by atoms with van der Waals surface area (Å²) in [5.74, 6) is 0.754. The van der Waals surface area contributed by atoms with Crippen LogP contribution in [0.1, 0.15) is 35.4 Å². The van der Waals surface area contributed by atoms with Gasteiger partial charge in [-0.3, -0.25) is 4.90 Å². The van der Waals surface area contributed by atoms with Gasteiger partial charge in [0, 0.05) is 31.2 Å². The molecule has 1 atom stereocenters. The predicted octanol–water partition coefficient (Wildman–Crippen LogP) is 2.76. The molecule has 2 heterocycles. The van der Waals surface area contributed by atoms with Crippen molar-refractivity contribution in [2.24, 2.45) is 0 Å². The number of carbonyl (C=O) groups excluding carboxylic acids is 1. The van der Waals surface area contributed by atoms with Crippen molar-refractivity contribution in [2.45, 2.75) is 45.8 Å². The van der Waals surface area contributed by atoms with Crippen LogP contribution in [0, 0.1) is 13.8 Å². The first-order chi connectivity index (χ1) is 12.1. The van der Waals surface area contributed by atoms with Crippen LogP contribution in [0.3, 0.4) is 0 Å². The van der Waals surface area contributed by atoms with Crippen LogP contribution in [0.15, 0.2) is 34.9 Å². The maximum Gasteiger partial charge on any atom is 0.315 e. The van der Waals surface area contributed by atoms with Crippen LogP contribution in [0.25, 0.3) is 0 Å². The second-order valence-electron chi connectivity index (χ2n) is 6.69. The van der Waals surface area contributed by atoms with Crippen molar-refractivity contribution in [3.05, 3.63) is 52.9 Å². The lowest BCUT2D eigenvalue weighted by Gasteiger charge is -2.33. The predicted molar refractivity (Wildman–Crippen MR) is 96.1 cm³/mol. The molecular formula is C19H26N4O2. The van der Waals surface area contributed by atoms with Crippen LogP contribution in [0.4, 0.5) is 4.79 Å². The summed E-state index contributed by atoms with van der Waals surface area (Å²) in [6.07, 6.45) is 2.12. The van der Waals surface area contributed by atoms with Gasteiger partial charge in [0.2, 0.25) is 0 Å². The minimum absolute atomic E-state index is 0.133. The highest BCUT2D eigenvalue weighted by Crippen LogP contribution is 2.14. The number of benzene rings is 1. The van der Waals surface area contributed by atoms with E-state index in [0.717, 1.165) is 49.5 Å². The number of urea groups is 1. The molecule has 25 heavy (non-hydrogen) atoms. The van der Waals surface area contributed by atoms with Crippen molar-refractivity contribution >= 4 is 6.03 Å². The lowest BCUT2D eigenvalue weighted by Crippen LogP contribution is -2.50. The van der Waals surface area contributed by atoms with Crippen LogP contribution in [-0.2, 0) is 13.1 Å². The van der Waals surface area contributed by atoms with Crippen LogP contribution >= 0.6 is 0 Å². The SMILES string of the molecule is Cc1noc(C)c1CNC(=O)NC1CCCN(Cc2ccccc2)C1. The zero-order chi connectivity index (χ0) is 17.6. The van der Waals surface area contributed by atoms with Crippen LogP contribution < -0.4 is 10.6 Å². The topological polar surface area (TPSA) is 70.4 Å². The first kappa shape index (κ1) is 17.5. The van der Waals surface area contributed by atoms with Crippen LogP contribution in [-0.4, -0.2) is 35.2 Å². The molecule has 134 valence electrons. The first-order valence-electron chi connectivity index (χ1n) is 8.84. The molecule has 0 saturated carbocycles. The van der Waals surface area contributed by atoms with Gasteiger partial charge in [0.15, 0.2) is 0 Å². The fourth-order valence-corrected chi connectivity index (χ4v) is 3.32. The van der Waals surface area contributed by atoms with Gasteiger partial charge in [-0.25, -0.2) is 4.79 Å². The van der Waals surface area contributed by atoms with E-state index >= 15 is 0 Å². The Hall–Kier alpha value is -2.34. The molecule has 1 aromatic heterocycles. The third-order valence-electron chi connectivity index (χ3n) is 4.70. The van der Waals surface area contributed by atoms with Crippen molar-refractivity contribution in [3.8, 4) is 0 Å². The quantitative estimate of drug-likeness (QED) is 0.876. The first-order valence-corrected chi connectivity index (χ1v) is 8.84. The monoisotopic (exact) mass is 342 g/mol. The average molecular weight is 342 g/mol. The van der Waals surface area contributed by atoms with E-state index in [2.05, 4.69) is 45.0 Å². The molecule has 2 N–H and O–H groups in total. The third kappa shape index (κ3) is 4.82. The number of piperidine rings is 1. The molecule has 6 heteroatoms. The van der Waals surface area contributed by atoms with Gasteiger partial charge in [0.1, 0.15) is 5.76 Å². The summed E-state index contributed by atoms with van der Waals surface area (Å²) in [6.45, 7) is 7.07. The molecule has 1 aliphatic heterocycles. The van der Waals surface area contributed by atoms with Crippen molar-refractivity contribution in [1.82, 2.24) is 20.7 Å². The van der Waals surface area contributed by atoms with E-state index in [1.807, 2.05) is 19.9 Å². The summed E-state index contributed by atoms with van der Waals surface area (Å²) in [6, 6.07) is 10.5. The molecular weight excluding hydrogens is 316 g/mol. The zero-order valence-corrected chi connectivity index (χ0v) is 14.9. The Morgan fingerprint density at radius 3 is 2.84 bits per heavy atom. The van der Waals surface area contributed by atoms with Gasteiger partial charge in [-0.1, -0.05) is 35.5 Å². The Kier molecular flexibility index (Phi) is 5.71. The molecule has 1 aromatic carbocycles. The number of hydrogen-bond acceptors (Lipinski definition) is 4. The number of aryl methyl sites for hydroxylation is 2. The number of nitrogens with zero attached hydrogens (tertiary/aromatic N) is 2. The van der Waals surface area contributed by atoms with Crippen molar-refractivity contribution in [3.63, 3.8) is 0 Å². The van der Waals surface area contributed by atoms with Crippen LogP contribution in [0.5, 0.6) is 0 Å². The van der Waals surface area contributed by atoms with Gasteiger partial charge in [0.25, 0.3) is 0 Å². The second kappa shape index (κ2) is 8.16. The molecule has 1 saturated heterocycles. The van der Waals surface area contributed by atoms with Gasteiger partial charge in [0.05, 0.1) is 5.69 Å². The van der Waals surface area contributed by atoms with Gasteiger partial charge in [-0.15, -0.1) is 0 Å². The average Bonchev–Trinajstić information content (AvgIpc) is 2.92. The van der Waals surface area contributed by atoms with Crippen molar-refractivity contribution in [2.75, 3.05) is 13.1 Å². The minimum atomic E-state index is -0.133. The highest BCUT2D eigenvalue weighted by atomic mass is 16.5. The highest BCUT2D eigenvalue weighted by Gasteiger charge is 2.21. The molecule has 0 bridgehead atoms. The van der Waals surface area contributed by atoms with E-state index in [1.54, 1.807) is 0 Å². The fraction of sp³-hybridized carbons (Fsp3) is 0.474. The Balaban J connectivity index is 1.46. The summed E-state index contributed by atoms with van der Waals surface area (Å²) in [5.41, 5.74) is 3.08. The molecule has 2 aromatic rings. The van der Waals surface area contributed by atoms with Gasteiger partial charge < -0.3 is 15.2 Å². The summed E-state index contributed by atoms with van der Waals surface area (Å²) in [7, 11) is 0. The molecule has 1 aliphatic rings. The normalized spacial score (nSPS) is 18.1. The number of hydrogen-bond donors (Lipinski definition) is 2. The zero-order valence-electron chi connectivity index (χ0n) is 14.9. The minimum Gasteiger partial charge on any atom is -0.361 e. The smallest absolute Gasteiger partial charge is 0.315 e. The van der Waals surface area contributed by atoms with Crippen LogP contribution in [0.2, 0.25) is 0 Å². The Bertz CT molecular complexity index is 679. The highest BCUT2D eigenvalue weighted by molar-refractivity contribution is 5.74. The molecule has 2 amide bonds. The van der Waals surface area contributed by atoms with E-state index in [4.69, 9.17) is 4.52 Å². The number of amides is 2. The van der Waals surface area contributed by atoms with Gasteiger partial charge in [-0.05, 0) is 38.8 Å². The summed E-state index contributed by atoms with van der Waals surface area (Å²) in [5, 5.41) is 9.91. The largest absolute Gasteiger partial charge is 0.361 e. The molecule has 0 spiro atoms. The maximum atomic E-state index is 12.2.